The molecule has 2 aromatic rings. The molecule has 0 bridgehead atoms. The molecule has 1 heterocycles. The zero-order valence-electron chi connectivity index (χ0n) is 14.0. The predicted molar refractivity (Wildman–Crippen MR) is 86.2 cm³/mol. The summed E-state index contributed by atoms with van der Waals surface area (Å²) in [5, 5.41) is 7.89. The maximum absolute atomic E-state index is 5.95. The second-order valence-electron chi connectivity index (χ2n) is 6.13. The molecule has 0 unspecified atom stereocenters. The average Bonchev–Trinajstić information content (AvgIpc) is 3.02. The Labute approximate surface area is 135 Å². The van der Waals surface area contributed by atoms with Crippen molar-refractivity contribution in [3.8, 4) is 5.75 Å². The molecule has 2 N–H and O–H groups in total. The summed E-state index contributed by atoms with van der Waals surface area (Å²) in [7, 11) is 1.57. The number of hydrogen-bond donors (Lipinski definition) is 1. The van der Waals surface area contributed by atoms with Gasteiger partial charge in [0.05, 0.1) is 12.7 Å². The molecule has 1 aromatic carbocycles. The van der Waals surface area contributed by atoms with E-state index in [0.29, 0.717) is 23.0 Å². The lowest BCUT2D eigenvalue weighted by Crippen LogP contribution is -2.16. The molecular weight excluding hydrogens is 296 g/mol. The number of aromatic nitrogens is 2. The Hall–Kier alpha value is -2.57. The highest BCUT2D eigenvalue weighted by molar-refractivity contribution is 5.99. The van der Waals surface area contributed by atoms with Crippen LogP contribution in [-0.2, 0) is 10.3 Å². The van der Waals surface area contributed by atoms with E-state index in [0.717, 1.165) is 0 Å². The number of amidine groups is 1. The average molecular weight is 318 g/mol. The molecule has 1 aromatic heterocycles. The molecular formula is C16H22N4O3. The molecule has 0 aliphatic rings. The van der Waals surface area contributed by atoms with Gasteiger partial charge in [0.25, 0.3) is 5.89 Å². The number of ether oxygens (including phenoxy) is 1. The molecule has 0 spiro atoms. The number of oxime groups is 1. The molecule has 0 fully saturated rings. The highest BCUT2D eigenvalue weighted by Gasteiger charge is 2.24. The third-order valence-electron chi connectivity index (χ3n) is 3.15. The number of nitrogens with zero attached hydrogens (tertiary/aromatic N) is 3. The van der Waals surface area contributed by atoms with Crippen LogP contribution in [0.1, 0.15) is 51.1 Å². The van der Waals surface area contributed by atoms with Gasteiger partial charge in [0, 0.05) is 5.41 Å². The van der Waals surface area contributed by atoms with Gasteiger partial charge in [-0.2, -0.15) is 4.98 Å². The molecule has 7 nitrogen and oxygen atoms in total. The Morgan fingerprint density at radius 1 is 1.30 bits per heavy atom. The van der Waals surface area contributed by atoms with Gasteiger partial charge in [0.15, 0.2) is 11.7 Å². The molecule has 0 radical (unpaired) electrons. The van der Waals surface area contributed by atoms with E-state index in [1.54, 1.807) is 26.2 Å². The fourth-order valence-corrected chi connectivity index (χ4v) is 1.79. The van der Waals surface area contributed by atoms with Crippen molar-refractivity contribution in [1.82, 2.24) is 10.1 Å². The number of methoxy groups -OCH3 is 1. The van der Waals surface area contributed by atoms with E-state index in [9.17, 15) is 0 Å². The summed E-state index contributed by atoms with van der Waals surface area (Å²) in [6.45, 7) is 7.78. The second kappa shape index (κ2) is 6.68. The van der Waals surface area contributed by atoms with Gasteiger partial charge in [-0.1, -0.05) is 43.2 Å². The summed E-state index contributed by atoms with van der Waals surface area (Å²) < 4.78 is 10.5. The van der Waals surface area contributed by atoms with Crippen molar-refractivity contribution in [2.75, 3.05) is 7.11 Å². The first-order valence-corrected chi connectivity index (χ1v) is 7.29. The Kier molecular flexibility index (Phi) is 4.88. The minimum atomic E-state index is -0.508. The highest BCUT2D eigenvalue weighted by atomic mass is 16.6. The van der Waals surface area contributed by atoms with Crippen LogP contribution in [-0.4, -0.2) is 23.1 Å². The van der Waals surface area contributed by atoms with E-state index in [1.165, 1.54) is 0 Å². The topological polar surface area (TPSA) is 95.8 Å². The SMILES string of the molecule is COc1ccccc1/C(N)=N\O[C@@H](C)c1nc(C(C)(C)C)no1. The first-order chi connectivity index (χ1) is 10.8. The smallest absolute Gasteiger partial charge is 0.270 e. The van der Waals surface area contributed by atoms with Crippen LogP contribution in [0.4, 0.5) is 0 Å². The molecule has 0 amide bonds. The molecule has 2 rings (SSSR count). The van der Waals surface area contributed by atoms with Gasteiger partial charge >= 0.3 is 0 Å². The Balaban J connectivity index is 2.11. The van der Waals surface area contributed by atoms with Gasteiger partial charge in [-0.25, -0.2) is 0 Å². The van der Waals surface area contributed by atoms with Gasteiger partial charge < -0.3 is 19.8 Å². The minimum absolute atomic E-state index is 0.193. The molecule has 1 atom stereocenters. The van der Waals surface area contributed by atoms with Crippen LogP contribution in [0.3, 0.4) is 0 Å². The summed E-state index contributed by atoms with van der Waals surface area (Å²) in [5.41, 5.74) is 6.41. The van der Waals surface area contributed by atoms with Gasteiger partial charge in [0.1, 0.15) is 5.75 Å². The number of benzene rings is 1. The number of nitrogens with two attached hydrogens (primary N) is 1. The first-order valence-electron chi connectivity index (χ1n) is 7.29. The normalized spacial score (nSPS) is 13.7. The van der Waals surface area contributed by atoms with Crippen LogP contribution in [0.5, 0.6) is 5.75 Å². The molecule has 7 heteroatoms. The van der Waals surface area contributed by atoms with Crippen molar-refractivity contribution >= 4 is 5.84 Å². The van der Waals surface area contributed by atoms with E-state index < -0.39 is 6.10 Å². The monoisotopic (exact) mass is 318 g/mol. The third kappa shape index (κ3) is 4.00. The largest absolute Gasteiger partial charge is 0.496 e. The van der Waals surface area contributed by atoms with Crippen LogP contribution in [0.15, 0.2) is 33.9 Å². The van der Waals surface area contributed by atoms with Crippen LogP contribution in [0, 0.1) is 0 Å². The number of rotatable bonds is 5. The molecule has 0 aliphatic carbocycles. The Bertz CT molecular complexity index is 689. The fourth-order valence-electron chi connectivity index (χ4n) is 1.79. The molecule has 23 heavy (non-hydrogen) atoms. The summed E-state index contributed by atoms with van der Waals surface area (Å²) in [6.07, 6.45) is -0.508. The zero-order valence-corrected chi connectivity index (χ0v) is 14.0. The summed E-state index contributed by atoms with van der Waals surface area (Å²) in [4.78, 5) is 9.71. The van der Waals surface area contributed by atoms with Crippen LogP contribution < -0.4 is 10.5 Å². The Morgan fingerprint density at radius 2 is 2.00 bits per heavy atom. The minimum Gasteiger partial charge on any atom is -0.496 e. The van der Waals surface area contributed by atoms with Gasteiger partial charge in [-0.3, -0.25) is 0 Å². The number of para-hydroxylation sites is 1. The van der Waals surface area contributed by atoms with Gasteiger partial charge in [0.2, 0.25) is 6.10 Å². The summed E-state index contributed by atoms with van der Waals surface area (Å²) in [6, 6.07) is 7.30. The molecule has 0 saturated heterocycles. The molecule has 0 aliphatic heterocycles. The fraction of sp³-hybridized carbons (Fsp3) is 0.438. The van der Waals surface area contributed by atoms with Crippen molar-refractivity contribution in [3.63, 3.8) is 0 Å². The van der Waals surface area contributed by atoms with Crippen LogP contribution >= 0.6 is 0 Å². The summed E-state index contributed by atoms with van der Waals surface area (Å²) >= 11 is 0. The maximum Gasteiger partial charge on any atom is 0.270 e. The molecule has 124 valence electrons. The quantitative estimate of drug-likeness (QED) is 0.517. The molecule has 0 saturated carbocycles. The lowest BCUT2D eigenvalue weighted by atomic mass is 9.96. The predicted octanol–water partition coefficient (Wildman–Crippen LogP) is 2.77. The third-order valence-corrected chi connectivity index (χ3v) is 3.15. The van der Waals surface area contributed by atoms with E-state index in [4.69, 9.17) is 19.8 Å². The van der Waals surface area contributed by atoms with Gasteiger partial charge in [-0.15, -0.1) is 0 Å². The lowest BCUT2D eigenvalue weighted by molar-refractivity contribution is 0.0479. The van der Waals surface area contributed by atoms with E-state index in [1.807, 2.05) is 32.9 Å². The van der Waals surface area contributed by atoms with E-state index in [-0.39, 0.29) is 11.3 Å². The zero-order chi connectivity index (χ0) is 17.0. The highest BCUT2D eigenvalue weighted by Crippen LogP contribution is 2.23. The van der Waals surface area contributed by atoms with Crippen molar-refractivity contribution in [2.24, 2.45) is 10.9 Å². The number of hydrogen-bond acceptors (Lipinski definition) is 6. The standard InChI is InChI=1S/C16H22N4O3/c1-10(14-18-15(20-23-14)16(2,3)4)22-19-13(17)11-8-6-7-9-12(11)21-5/h6-10H,1-5H3,(H2,17,19)/t10-/m0/s1. The van der Waals surface area contributed by atoms with Gasteiger partial charge in [-0.05, 0) is 19.1 Å². The maximum atomic E-state index is 5.95. The lowest BCUT2D eigenvalue weighted by Gasteiger charge is -2.11. The summed E-state index contributed by atoms with van der Waals surface area (Å²) in [5.74, 6) is 1.80. The van der Waals surface area contributed by atoms with Crippen molar-refractivity contribution in [3.05, 3.63) is 41.5 Å². The Morgan fingerprint density at radius 3 is 2.61 bits per heavy atom. The van der Waals surface area contributed by atoms with Crippen molar-refractivity contribution in [2.45, 2.75) is 39.2 Å². The van der Waals surface area contributed by atoms with Crippen LogP contribution in [0.2, 0.25) is 0 Å². The van der Waals surface area contributed by atoms with E-state index >= 15 is 0 Å². The first kappa shape index (κ1) is 16.8. The second-order valence-corrected chi connectivity index (χ2v) is 6.13. The van der Waals surface area contributed by atoms with Crippen molar-refractivity contribution < 1.29 is 14.1 Å². The van der Waals surface area contributed by atoms with E-state index in [2.05, 4.69) is 15.3 Å². The van der Waals surface area contributed by atoms with Crippen molar-refractivity contribution in [1.29, 1.82) is 0 Å². The van der Waals surface area contributed by atoms with Crippen LogP contribution in [0.25, 0.3) is 0 Å².